The highest BCUT2D eigenvalue weighted by Crippen LogP contribution is 2.31. The Morgan fingerprint density at radius 3 is 2.59 bits per heavy atom. The number of nitrogens with zero attached hydrogens (tertiary/aromatic N) is 1. The van der Waals surface area contributed by atoms with Crippen LogP contribution in [0.15, 0.2) is 47.6 Å². The fourth-order valence-electron chi connectivity index (χ4n) is 1.87. The number of benzene rings is 2. The predicted molar refractivity (Wildman–Crippen MR) is 88.6 cm³/mol. The second-order valence-electron chi connectivity index (χ2n) is 4.68. The molecular weight excluding hydrogens is 323 g/mol. The zero-order valence-corrected chi connectivity index (χ0v) is 13.3. The maximum absolute atomic E-state index is 11.8. The Balaban J connectivity index is 2.08. The normalized spacial score (nSPS) is 11.3. The summed E-state index contributed by atoms with van der Waals surface area (Å²) in [5, 5.41) is 14.4. The minimum absolute atomic E-state index is 0.121. The van der Waals surface area contributed by atoms with Crippen molar-refractivity contribution in [1.29, 1.82) is 0 Å². The van der Waals surface area contributed by atoms with Gasteiger partial charge in [-0.25, -0.2) is 5.43 Å². The number of phenolic OH excluding ortho intramolecular Hbond substituents is 1. The number of aromatic hydroxyl groups is 1. The molecule has 0 aliphatic carbocycles. The summed E-state index contributed by atoms with van der Waals surface area (Å²) < 4.78 is 0. The molecule has 0 saturated carbocycles. The quantitative estimate of drug-likeness (QED) is 0.659. The van der Waals surface area contributed by atoms with Crippen molar-refractivity contribution in [2.45, 2.75) is 13.3 Å². The van der Waals surface area contributed by atoms with Crippen molar-refractivity contribution in [1.82, 2.24) is 5.43 Å². The monoisotopic (exact) mass is 336 g/mol. The number of hydrogen-bond donors (Lipinski definition) is 2. The highest BCUT2D eigenvalue weighted by molar-refractivity contribution is 6.36. The van der Waals surface area contributed by atoms with Crippen LogP contribution in [0.2, 0.25) is 10.0 Å². The van der Waals surface area contributed by atoms with Gasteiger partial charge in [-0.15, -0.1) is 0 Å². The second kappa shape index (κ2) is 7.29. The summed E-state index contributed by atoms with van der Waals surface area (Å²) in [6.07, 6.45) is 0.222. The van der Waals surface area contributed by atoms with E-state index in [0.717, 1.165) is 5.56 Å². The largest absolute Gasteiger partial charge is 0.506 e. The molecule has 1 amide bonds. The van der Waals surface area contributed by atoms with Crippen LogP contribution >= 0.6 is 23.2 Å². The maximum Gasteiger partial charge on any atom is 0.244 e. The Morgan fingerprint density at radius 2 is 1.91 bits per heavy atom. The lowest BCUT2D eigenvalue weighted by molar-refractivity contribution is -0.120. The summed E-state index contributed by atoms with van der Waals surface area (Å²) in [7, 11) is 0. The molecule has 0 aliphatic heterocycles. The smallest absolute Gasteiger partial charge is 0.244 e. The van der Waals surface area contributed by atoms with Crippen molar-refractivity contribution in [3.8, 4) is 5.75 Å². The summed E-state index contributed by atoms with van der Waals surface area (Å²) in [5.41, 5.74) is 4.12. The molecule has 0 unspecified atom stereocenters. The molecule has 2 aromatic rings. The first-order chi connectivity index (χ1) is 10.5. The molecule has 0 spiro atoms. The lowest BCUT2D eigenvalue weighted by Gasteiger charge is -2.07. The minimum atomic E-state index is -0.252. The number of carbonyl (C=O) groups excluding carboxylic acids is 1. The second-order valence-corrected chi connectivity index (χ2v) is 5.52. The van der Waals surface area contributed by atoms with Gasteiger partial charge in [-0.1, -0.05) is 53.5 Å². The number of carbonyl (C=O) groups is 1. The molecule has 0 radical (unpaired) electrons. The Labute approximate surface area is 138 Å². The van der Waals surface area contributed by atoms with Gasteiger partial charge in [-0.2, -0.15) is 5.10 Å². The third-order valence-electron chi connectivity index (χ3n) is 2.97. The van der Waals surface area contributed by atoms with Crippen molar-refractivity contribution < 1.29 is 9.90 Å². The van der Waals surface area contributed by atoms with Gasteiger partial charge in [0.25, 0.3) is 0 Å². The van der Waals surface area contributed by atoms with E-state index in [-0.39, 0.29) is 23.1 Å². The van der Waals surface area contributed by atoms with Crippen molar-refractivity contribution in [3.05, 3.63) is 63.6 Å². The average Bonchev–Trinajstić information content (AvgIpc) is 2.49. The molecule has 0 aliphatic rings. The number of rotatable bonds is 4. The number of amides is 1. The molecule has 6 heteroatoms. The fourth-order valence-corrected chi connectivity index (χ4v) is 2.36. The molecule has 2 aromatic carbocycles. The van der Waals surface area contributed by atoms with Crippen molar-refractivity contribution >= 4 is 34.8 Å². The molecule has 2 rings (SSSR count). The SMILES string of the molecule is C/C(=N\NC(=O)Cc1ccccc1)c1cc(Cl)cc(Cl)c1O. The molecule has 0 atom stereocenters. The number of phenols is 1. The fraction of sp³-hybridized carbons (Fsp3) is 0.125. The summed E-state index contributed by atoms with van der Waals surface area (Å²) >= 11 is 11.8. The van der Waals surface area contributed by atoms with Gasteiger partial charge in [-0.05, 0) is 24.6 Å². The highest BCUT2D eigenvalue weighted by atomic mass is 35.5. The zero-order chi connectivity index (χ0) is 16.1. The van der Waals surface area contributed by atoms with Crippen LogP contribution < -0.4 is 5.43 Å². The predicted octanol–water partition coefficient (Wildman–Crippen LogP) is 3.78. The Kier molecular flexibility index (Phi) is 5.41. The van der Waals surface area contributed by atoms with E-state index >= 15 is 0 Å². The summed E-state index contributed by atoms with van der Waals surface area (Å²) in [6, 6.07) is 12.3. The van der Waals surface area contributed by atoms with E-state index < -0.39 is 0 Å². The minimum Gasteiger partial charge on any atom is -0.506 e. The first-order valence-corrected chi connectivity index (χ1v) is 7.28. The van der Waals surface area contributed by atoms with E-state index in [9.17, 15) is 9.90 Å². The molecule has 22 heavy (non-hydrogen) atoms. The van der Waals surface area contributed by atoms with Gasteiger partial charge in [0.2, 0.25) is 5.91 Å². The van der Waals surface area contributed by atoms with Crippen LogP contribution in [0, 0.1) is 0 Å². The van der Waals surface area contributed by atoms with Gasteiger partial charge in [0.15, 0.2) is 0 Å². The molecule has 0 fully saturated rings. The maximum atomic E-state index is 11.8. The average molecular weight is 337 g/mol. The molecule has 4 nitrogen and oxygen atoms in total. The van der Waals surface area contributed by atoms with Crippen molar-refractivity contribution in [2.24, 2.45) is 5.10 Å². The first-order valence-electron chi connectivity index (χ1n) is 6.53. The van der Waals surface area contributed by atoms with Crippen LogP contribution in [0.1, 0.15) is 18.1 Å². The molecule has 2 N–H and O–H groups in total. The Hall–Kier alpha value is -2.04. The van der Waals surface area contributed by atoms with E-state index in [1.54, 1.807) is 6.92 Å². The number of nitrogens with one attached hydrogen (secondary N) is 1. The lowest BCUT2D eigenvalue weighted by atomic mass is 10.1. The Bertz CT molecular complexity index is 716. The summed E-state index contributed by atoms with van der Waals surface area (Å²) in [5.74, 6) is -0.372. The van der Waals surface area contributed by atoms with Crippen LogP contribution in [0.4, 0.5) is 0 Å². The van der Waals surface area contributed by atoms with E-state index in [1.165, 1.54) is 12.1 Å². The van der Waals surface area contributed by atoms with Gasteiger partial charge < -0.3 is 5.11 Å². The molecule has 0 heterocycles. The molecule has 0 saturated heterocycles. The third-order valence-corrected chi connectivity index (χ3v) is 3.48. The summed E-state index contributed by atoms with van der Waals surface area (Å²) in [4.78, 5) is 11.8. The highest BCUT2D eigenvalue weighted by Gasteiger charge is 2.11. The van der Waals surface area contributed by atoms with Crippen LogP contribution in [-0.4, -0.2) is 16.7 Å². The summed E-state index contributed by atoms with van der Waals surface area (Å²) in [6.45, 7) is 1.64. The number of hydrazone groups is 1. The topological polar surface area (TPSA) is 61.7 Å². The van der Waals surface area contributed by atoms with E-state index in [1.807, 2.05) is 30.3 Å². The zero-order valence-electron chi connectivity index (χ0n) is 11.8. The van der Waals surface area contributed by atoms with E-state index in [0.29, 0.717) is 16.3 Å². The molecule has 0 aromatic heterocycles. The van der Waals surface area contributed by atoms with Gasteiger partial charge in [0, 0.05) is 10.6 Å². The van der Waals surface area contributed by atoms with Crippen molar-refractivity contribution in [2.75, 3.05) is 0 Å². The molecular formula is C16H14Cl2N2O2. The number of halogens is 2. The number of hydrogen-bond acceptors (Lipinski definition) is 3. The van der Waals surface area contributed by atoms with E-state index in [2.05, 4.69) is 10.5 Å². The lowest BCUT2D eigenvalue weighted by Crippen LogP contribution is -2.21. The van der Waals surface area contributed by atoms with Gasteiger partial charge in [0.1, 0.15) is 5.75 Å². The van der Waals surface area contributed by atoms with Crippen LogP contribution in [0.25, 0.3) is 0 Å². The standard InChI is InChI=1S/C16H14Cl2N2O2/c1-10(13-8-12(17)9-14(18)16(13)22)19-20-15(21)7-11-5-3-2-4-6-11/h2-6,8-9,22H,7H2,1H3,(H,20,21)/b19-10+. The van der Waals surface area contributed by atoms with Gasteiger partial charge >= 0.3 is 0 Å². The third kappa shape index (κ3) is 4.23. The first kappa shape index (κ1) is 16.3. The van der Waals surface area contributed by atoms with Crippen LogP contribution in [0.5, 0.6) is 5.75 Å². The van der Waals surface area contributed by atoms with Gasteiger partial charge in [0.05, 0.1) is 17.2 Å². The van der Waals surface area contributed by atoms with Gasteiger partial charge in [-0.3, -0.25) is 4.79 Å². The van der Waals surface area contributed by atoms with Crippen molar-refractivity contribution in [3.63, 3.8) is 0 Å². The van der Waals surface area contributed by atoms with E-state index in [4.69, 9.17) is 23.2 Å². The molecule has 0 bridgehead atoms. The molecule has 114 valence electrons. The Morgan fingerprint density at radius 1 is 1.23 bits per heavy atom. The van der Waals surface area contributed by atoms with Crippen LogP contribution in [0.3, 0.4) is 0 Å². The van der Waals surface area contributed by atoms with Crippen LogP contribution in [-0.2, 0) is 11.2 Å².